The zero-order chi connectivity index (χ0) is 12.6. The fourth-order valence-electron chi connectivity index (χ4n) is 0.821. The molecule has 0 fully saturated rings. The number of hydrogen-bond donors (Lipinski definition) is 0. The lowest BCUT2D eigenvalue weighted by Gasteiger charge is -2.14. The van der Waals surface area contributed by atoms with Gasteiger partial charge in [0.05, 0.1) is 0 Å². The van der Waals surface area contributed by atoms with E-state index in [9.17, 15) is 26.3 Å². The summed E-state index contributed by atoms with van der Waals surface area (Å²) >= 11 is 1.48. The number of aromatic nitrogens is 1. The van der Waals surface area contributed by atoms with Crippen LogP contribution in [0, 0.1) is 3.70 Å². The van der Waals surface area contributed by atoms with Crippen LogP contribution in [0.4, 0.5) is 26.3 Å². The largest absolute Gasteiger partial charge is 0.574 e. The molecule has 0 bridgehead atoms. The van der Waals surface area contributed by atoms with Gasteiger partial charge in [-0.3, -0.25) is 0 Å². The summed E-state index contributed by atoms with van der Waals surface area (Å²) in [7, 11) is 0. The van der Waals surface area contributed by atoms with Crippen molar-refractivity contribution in [1.82, 2.24) is 4.98 Å². The van der Waals surface area contributed by atoms with Gasteiger partial charge in [-0.05, 0) is 34.7 Å². The topological polar surface area (TPSA) is 22.1 Å². The molecule has 0 amide bonds. The molecule has 1 aromatic heterocycles. The number of nitrogens with zero attached hydrogens (tertiary/aromatic N) is 1. The Hall–Kier alpha value is -0.740. The summed E-state index contributed by atoms with van der Waals surface area (Å²) in [5.74, 6) is -1.49. The molecule has 0 aromatic carbocycles. The Morgan fingerprint density at radius 2 is 1.62 bits per heavy atom. The fraction of sp³-hybridized carbons (Fsp3) is 0.286. The molecule has 0 radical (unpaired) electrons. The second kappa shape index (κ2) is 4.26. The molecule has 2 nitrogen and oxygen atoms in total. The van der Waals surface area contributed by atoms with Gasteiger partial charge in [0.1, 0.15) is 9.26 Å². The van der Waals surface area contributed by atoms with Gasteiger partial charge >= 0.3 is 12.5 Å². The highest BCUT2D eigenvalue weighted by atomic mass is 127. The van der Waals surface area contributed by atoms with E-state index in [0.717, 1.165) is 6.07 Å². The molecule has 1 rings (SSSR count). The number of alkyl halides is 6. The smallest absolute Gasteiger partial charge is 0.387 e. The lowest BCUT2D eigenvalue weighted by Crippen LogP contribution is -2.21. The van der Waals surface area contributed by atoms with Gasteiger partial charge < -0.3 is 4.74 Å². The second-order valence-electron chi connectivity index (χ2n) is 2.53. The molecule has 0 spiro atoms. The molecule has 0 aliphatic heterocycles. The van der Waals surface area contributed by atoms with Crippen LogP contribution < -0.4 is 4.74 Å². The maximum absolute atomic E-state index is 12.3. The van der Waals surface area contributed by atoms with Gasteiger partial charge in [0, 0.05) is 0 Å². The summed E-state index contributed by atoms with van der Waals surface area (Å²) in [6.07, 6.45) is -10.2. The number of hydrogen-bond acceptors (Lipinski definition) is 2. The third kappa shape index (κ3) is 3.68. The lowest BCUT2D eigenvalue weighted by molar-refractivity contribution is -0.277. The summed E-state index contributed by atoms with van der Waals surface area (Å²) in [6, 6.07) is 1.42. The maximum Gasteiger partial charge on any atom is 0.574 e. The van der Waals surface area contributed by atoms with E-state index in [-0.39, 0.29) is 3.70 Å². The minimum Gasteiger partial charge on any atom is -0.387 e. The van der Waals surface area contributed by atoms with Crippen molar-refractivity contribution in [3.05, 3.63) is 21.4 Å². The quantitative estimate of drug-likeness (QED) is 0.435. The molecule has 0 saturated heterocycles. The van der Waals surface area contributed by atoms with Crippen LogP contribution >= 0.6 is 22.6 Å². The van der Waals surface area contributed by atoms with E-state index in [1.165, 1.54) is 22.6 Å². The van der Waals surface area contributed by atoms with Crippen LogP contribution in [0.5, 0.6) is 5.88 Å². The highest BCUT2D eigenvalue weighted by Gasteiger charge is 2.40. The van der Waals surface area contributed by atoms with E-state index in [1.807, 2.05) is 0 Å². The number of halogens is 7. The van der Waals surface area contributed by atoms with Gasteiger partial charge in [0.25, 0.3) is 0 Å². The van der Waals surface area contributed by atoms with Crippen LogP contribution in [-0.4, -0.2) is 11.3 Å². The van der Waals surface area contributed by atoms with Crippen LogP contribution in [0.25, 0.3) is 0 Å². The molecular weight excluding hydrogens is 355 g/mol. The summed E-state index contributed by atoms with van der Waals surface area (Å²) in [5, 5.41) is 0. The van der Waals surface area contributed by atoms with E-state index >= 15 is 0 Å². The second-order valence-corrected chi connectivity index (χ2v) is 3.64. The first kappa shape index (κ1) is 13.3. The molecule has 0 aliphatic rings. The first-order valence-electron chi connectivity index (χ1n) is 3.59. The van der Waals surface area contributed by atoms with Crippen molar-refractivity contribution < 1.29 is 31.1 Å². The van der Waals surface area contributed by atoms with Crippen molar-refractivity contribution in [2.24, 2.45) is 0 Å². The summed E-state index contributed by atoms with van der Waals surface area (Å²) in [6.45, 7) is 0. The van der Waals surface area contributed by atoms with Crippen molar-refractivity contribution in [3.63, 3.8) is 0 Å². The van der Waals surface area contributed by atoms with Gasteiger partial charge in [-0.2, -0.15) is 13.2 Å². The molecule has 0 saturated carbocycles. The third-order valence-electron chi connectivity index (χ3n) is 1.34. The predicted octanol–water partition coefficient (Wildman–Crippen LogP) is 3.60. The molecule has 0 unspecified atom stereocenters. The summed E-state index contributed by atoms with van der Waals surface area (Å²) in [5.41, 5.74) is -1.56. The third-order valence-corrected chi connectivity index (χ3v) is 1.94. The SMILES string of the molecule is FC(F)(F)Oc1nc(I)ccc1C(F)(F)F. The Bertz CT molecular complexity index is 387. The average molecular weight is 357 g/mol. The summed E-state index contributed by atoms with van der Waals surface area (Å²) in [4.78, 5) is 3.05. The molecule has 9 heteroatoms. The molecular formula is C7H2F6INO. The normalized spacial score (nSPS) is 12.7. The van der Waals surface area contributed by atoms with Gasteiger partial charge in [-0.15, -0.1) is 13.2 Å². The average Bonchev–Trinajstić information content (AvgIpc) is 1.97. The summed E-state index contributed by atoms with van der Waals surface area (Å²) < 4.78 is 75.4. The van der Waals surface area contributed by atoms with E-state index in [2.05, 4.69) is 9.72 Å². The van der Waals surface area contributed by atoms with Crippen LogP contribution in [-0.2, 0) is 6.18 Å². The van der Waals surface area contributed by atoms with E-state index in [4.69, 9.17) is 0 Å². The molecule has 16 heavy (non-hydrogen) atoms. The number of rotatable bonds is 1. The Labute approximate surface area is 98.7 Å². The molecule has 90 valence electrons. The molecule has 1 aromatic rings. The number of ether oxygens (including phenoxy) is 1. The highest BCUT2D eigenvalue weighted by molar-refractivity contribution is 14.1. The zero-order valence-electron chi connectivity index (χ0n) is 7.16. The Kier molecular flexibility index (Phi) is 3.55. The van der Waals surface area contributed by atoms with Gasteiger partial charge in [-0.25, -0.2) is 4.98 Å². The van der Waals surface area contributed by atoms with Crippen LogP contribution in [0.1, 0.15) is 5.56 Å². The van der Waals surface area contributed by atoms with Crippen molar-refractivity contribution in [2.45, 2.75) is 12.5 Å². The molecule has 0 aliphatic carbocycles. The number of pyridine rings is 1. The minimum absolute atomic E-state index is 0.0372. The first-order valence-corrected chi connectivity index (χ1v) is 4.67. The maximum atomic E-state index is 12.3. The monoisotopic (exact) mass is 357 g/mol. The Balaban J connectivity index is 3.19. The van der Waals surface area contributed by atoms with E-state index < -0.39 is 24.0 Å². The standard InChI is InChI=1S/C7H2F6INO/c8-6(9,10)3-1-2-4(14)15-5(3)16-7(11,12)13/h1-2H. The van der Waals surface area contributed by atoms with Crippen molar-refractivity contribution in [2.75, 3.05) is 0 Å². The zero-order valence-corrected chi connectivity index (χ0v) is 9.31. The predicted molar refractivity (Wildman–Crippen MR) is 48.6 cm³/mol. The van der Waals surface area contributed by atoms with Gasteiger partial charge in [-0.1, -0.05) is 0 Å². The van der Waals surface area contributed by atoms with Crippen molar-refractivity contribution in [3.8, 4) is 5.88 Å². The first-order chi connectivity index (χ1) is 7.09. The highest BCUT2D eigenvalue weighted by Crippen LogP contribution is 2.37. The van der Waals surface area contributed by atoms with Crippen molar-refractivity contribution >= 4 is 22.6 Å². The fourth-order valence-corrected chi connectivity index (χ4v) is 1.22. The van der Waals surface area contributed by atoms with Gasteiger partial charge in [0.15, 0.2) is 0 Å². The Morgan fingerprint density at radius 3 is 2.06 bits per heavy atom. The van der Waals surface area contributed by atoms with Crippen LogP contribution in [0.15, 0.2) is 12.1 Å². The van der Waals surface area contributed by atoms with Crippen LogP contribution in [0.2, 0.25) is 0 Å². The lowest BCUT2D eigenvalue weighted by atomic mass is 10.2. The minimum atomic E-state index is -5.21. The molecule has 0 atom stereocenters. The van der Waals surface area contributed by atoms with E-state index in [0.29, 0.717) is 6.07 Å². The van der Waals surface area contributed by atoms with Crippen molar-refractivity contribution in [1.29, 1.82) is 0 Å². The molecule has 0 N–H and O–H groups in total. The Morgan fingerprint density at radius 1 is 1.06 bits per heavy atom. The van der Waals surface area contributed by atoms with Gasteiger partial charge in [0.2, 0.25) is 5.88 Å². The van der Waals surface area contributed by atoms with Crippen LogP contribution in [0.3, 0.4) is 0 Å². The van der Waals surface area contributed by atoms with E-state index in [1.54, 1.807) is 0 Å². The molecule has 1 heterocycles.